The summed E-state index contributed by atoms with van der Waals surface area (Å²) in [5, 5.41) is 3.61. The van der Waals surface area contributed by atoms with Gasteiger partial charge >= 0.3 is 144 Å². The number of rotatable bonds is 0. The first-order valence-corrected chi connectivity index (χ1v) is 10.4. The second-order valence-electron chi connectivity index (χ2n) is 6.57. The van der Waals surface area contributed by atoms with Crippen LogP contribution in [0.25, 0.3) is 10.8 Å². The molecule has 0 saturated heterocycles. The molecule has 1 N–H and O–H groups in total. The molecule has 3 aromatic rings. The van der Waals surface area contributed by atoms with Gasteiger partial charge in [0.15, 0.2) is 0 Å². The van der Waals surface area contributed by atoms with Crippen LogP contribution in [-0.4, -0.2) is 31.8 Å². The number of hydrogen-bond acceptors (Lipinski definition) is 3. The SMILES string of the molecule is CC12COc3ccc4ccccc4c3C1c1[se]c(=O)[nH]c1SC2. The van der Waals surface area contributed by atoms with Crippen molar-refractivity contribution in [3.8, 4) is 5.75 Å². The molecule has 116 valence electrons. The predicted octanol–water partition coefficient (Wildman–Crippen LogP) is 3.22. The Labute approximate surface area is 143 Å². The third-order valence-electron chi connectivity index (χ3n) is 4.92. The zero-order valence-corrected chi connectivity index (χ0v) is 15.1. The van der Waals surface area contributed by atoms with Gasteiger partial charge in [0.05, 0.1) is 0 Å². The summed E-state index contributed by atoms with van der Waals surface area (Å²) < 4.78 is 7.65. The van der Waals surface area contributed by atoms with E-state index >= 15 is 0 Å². The number of ether oxygens (including phenoxy) is 1. The van der Waals surface area contributed by atoms with Gasteiger partial charge in [0.1, 0.15) is 0 Å². The van der Waals surface area contributed by atoms with Crippen molar-refractivity contribution in [1.82, 2.24) is 4.98 Å². The molecule has 5 heteroatoms. The van der Waals surface area contributed by atoms with Crippen LogP contribution >= 0.6 is 11.8 Å². The summed E-state index contributed by atoms with van der Waals surface area (Å²) in [5.41, 5.74) is 1.33. The van der Waals surface area contributed by atoms with Gasteiger partial charge in [-0.3, -0.25) is 0 Å². The maximum absolute atomic E-state index is 12.0. The van der Waals surface area contributed by atoms with Crippen molar-refractivity contribution in [2.75, 3.05) is 12.4 Å². The summed E-state index contributed by atoms with van der Waals surface area (Å²) in [4.78, 5) is 15.1. The van der Waals surface area contributed by atoms with Gasteiger partial charge in [0.25, 0.3) is 0 Å². The minimum atomic E-state index is -0.111. The van der Waals surface area contributed by atoms with Crippen molar-refractivity contribution in [2.45, 2.75) is 17.9 Å². The van der Waals surface area contributed by atoms with Crippen LogP contribution in [0.3, 0.4) is 0 Å². The number of H-pyrrole nitrogens is 1. The molecule has 2 atom stereocenters. The second-order valence-corrected chi connectivity index (χ2v) is 9.69. The van der Waals surface area contributed by atoms with Crippen LogP contribution in [0.1, 0.15) is 22.8 Å². The molecule has 23 heavy (non-hydrogen) atoms. The van der Waals surface area contributed by atoms with Crippen molar-refractivity contribution in [3.63, 3.8) is 0 Å². The van der Waals surface area contributed by atoms with Gasteiger partial charge in [-0.2, -0.15) is 0 Å². The van der Waals surface area contributed by atoms with Crippen molar-refractivity contribution in [3.05, 3.63) is 55.6 Å². The number of thioether (sulfide) groups is 1. The summed E-state index contributed by atoms with van der Waals surface area (Å²) in [5.74, 6) is 2.25. The Morgan fingerprint density at radius 2 is 2.17 bits per heavy atom. The average molecular weight is 388 g/mol. The van der Waals surface area contributed by atoms with E-state index in [1.807, 2.05) is 0 Å². The molecule has 2 aliphatic rings. The third-order valence-corrected chi connectivity index (χ3v) is 8.62. The Bertz CT molecular complexity index is 992. The molecular weight excluding hydrogens is 373 g/mol. The maximum atomic E-state index is 12.0. The van der Waals surface area contributed by atoms with Gasteiger partial charge in [-0.15, -0.1) is 0 Å². The van der Waals surface area contributed by atoms with Crippen molar-refractivity contribution >= 4 is 37.0 Å². The van der Waals surface area contributed by atoms with E-state index in [2.05, 4.69) is 48.3 Å². The van der Waals surface area contributed by atoms with E-state index < -0.39 is 0 Å². The van der Waals surface area contributed by atoms with Crippen LogP contribution in [0.5, 0.6) is 5.75 Å². The van der Waals surface area contributed by atoms with E-state index in [4.69, 9.17) is 4.74 Å². The first-order valence-electron chi connectivity index (χ1n) is 7.66. The van der Waals surface area contributed by atoms with Crippen molar-refractivity contribution < 1.29 is 4.74 Å². The Kier molecular flexibility index (Phi) is 2.91. The van der Waals surface area contributed by atoms with E-state index in [9.17, 15) is 4.79 Å². The fraction of sp³-hybridized carbons (Fsp3) is 0.278. The van der Waals surface area contributed by atoms with E-state index in [0.29, 0.717) is 0 Å². The molecule has 3 heterocycles. The molecule has 2 aromatic carbocycles. The zero-order chi connectivity index (χ0) is 15.6. The van der Waals surface area contributed by atoms with Crippen LogP contribution in [0.4, 0.5) is 0 Å². The van der Waals surface area contributed by atoms with E-state index in [-0.39, 0.29) is 30.3 Å². The van der Waals surface area contributed by atoms with Gasteiger partial charge in [-0.05, 0) is 0 Å². The Balaban J connectivity index is 1.87. The molecule has 0 saturated carbocycles. The minimum absolute atomic E-state index is 0.0503. The number of benzene rings is 2. The normalized spacial score (nSPS) is 25.3. The first kappa shape index (κ1) is 14.0. The van der Waals surface area contributed by atoms with Crippen LogP contribution in [0.2, 0.25) is 0 Å². The van der Waals surface area contributed by atoms with Gasteiger partial charge in [0.2, 0.25) is 0 Å². The molecule has 3 nitrogen and oxygen atoms in total. The Hall–Kier alpha value is -1.42. The third kappa shape index (κ3) is 1.94. The van der Waals surface area contributed by atoms with E-state index in [1.165, 1.54) is 20.8 Å². The molecule has 1 aromatic heterocycles. The molecule has 0 spiro atoms. The van der Waals surface area contributed by atoms with Crippen molar-refractivity contribution in [1.29, 1.82) is 0 Å². The number of aromatic nitrogens is 1. The topological polar surface area (TPSA) is 42.1 Å². The molecule has 2 aliphatic heterocycles. The molecule has 2 unspecified atom stereocenters. The number of fused-ring (bicyclic) bond motifs is 7. The fourth-order valence-corrected chi connectivity index (χ4v) is 7.82. The standard InChI is InChI=1S/C18H15NO2SSe/c1-18-8-21-12-7-6-10-4-2-3-5-11(10)13(12)14(18)15-16(22-9-18)19-17(20)23-15/h2-7,14H,8-9H2,1H3,(H,19,20). The summed E-state index contributed by atoms with van der Waals surface area (Å²) >= 11 is 1.67. The Morgan fingerprint density at radius 3 is 3.09 bits per heavy atom. The molecular formula is C18H15NO2SSe. The number of hydrogen-bond donors (Lipinski definition) is 1. The molecule has 5 rings (SSSR count). The van der Waals surface area contributed by atoms with E-state index in [0.717, 1.165) is 23.1 Å². The number of aromatic amines is 1. The van der Waals surface area contributed by atoms with E-state index in [1.54, 1.807) is 11.8 Å². The predicted molar refractivity (Wildman–Crippen MR) is 94.1 cm³/mol. The summed E-state index contributed by atoms with van der Waals surface area (Å²) in [7, 11) is 0. The summed E-state index contributed by atoms with van der Waals surface area (Å²) in [6, 6.07) is 12.7. The number of nitrogens with one attached hydrogen (secondary N) is 1. The van der Waals surface area contributed by atoms with Gasteiger partial charge < -0.3 is 0 Å². The second kappa shape index (κ2) is 4.79. The van der Waals surface area contributed by atoms with Gasteiger partial charge in [-0.25, -0.2) is 0 Å². The molecule has 0 fully saturated rings. The van der Waals surface area contributed by atoms with Crippen LogP contribution in [0.15, 0.2) is 46.2 Å². The van der Waals surface area contributed by atoms with Gasteiger partial charge in [0, 0.05) is 0 Å². The fourth-order valence-electron chi connectivity index (χ4n) is 3.81. The Morgan fingerprint density at radius 1 is 1.30 bits per heavy atom. The van der Waals surface area contributed by atoms with Crippen molar-refractivity contribution in [2.24, 2.45) is 5.41 Å². The molecule has 0 amide bonds. The quantitative estimate of drug-likeness (QED) is 0.602. The summed E-state index contributed by atoms with van der Waals surface area (Å²) in [6.07, 6.45) is 0. The first-order chi connectivity index (χ1) is 11.2. The average Bonchev–Trinajstić information content (AvgIpc) is 2.94. The monoisotopic (exact) mass is 389 g/mol. The summed E-state index contributed by atoms with van der Waals surface area (Å²) in [6.45, 7) is 3.02. The molecule has 0 bridgehead atoms. The molecule has 0 radical (unpaired) electrons. The van der Waals surface area contributed by atoms with Crippen LogP contribution in [-0.2, 0) is 0 Å². The van der Waals surface area contributed by atoms with Crippen LogP contribution in [0, 0.1) is 5.41 Å². The molecule has 0 aliphatic carbocycles. The van der Waals surface area contributed by atoms with Gasteiger partial charge in [-0.1, -0.05) is 0 Å². The zero-order valence-electron chi connectivity index (χ0n) is 12.6. The van der Waals surface area contributed by atoms with Crippen LogP contribution < -0.4 is 9.17 Å².